The van der Waals surface area contributed by atoms with Gasteiger partial charge in [0.25, 0.3) is 5.91 Å². The predicted octanol–water partition coefficient (Wildman–Crippen LogP) is 3.63. The molecule has 0 fully saturated rings. The van der Waals surface area contributed by atoms with Crippen molar-refractivity contribution in [3.8, 4) is 0 Å². The summed E-state index contributed by atoms with van der Waals surface area (Å²) in [6.07, 6.45) is 1.71. The number of hydrogen-bond donors (Lipinski definition) is 1. The summed E-state index contributed by atoms with van der Waals surface area (Å²) in [4.78, 5) is 21.0. The highest BCUT2D eigenvalue weighted by atomic mass is 16.1. The average Bonchev–Trinajstić information content (AvgIpc) is 2.56. The highest BCUT2D eigenvalue weighted by Crippen LogP contribution is 2.22. The third kappa shape index (κ3) is 4.04. The molecule has 2 rings (SSSR count). The lowest BCUT2D eigenvalue weighted by Crippen LogP contribution is -2.30. The fraction of sp³-hybridized carbons (Fsp3) is 0.368. The Hall–Kier alpha value is -2.56. The maximum Gasteiger partial charge on any atom is 0.255 e. The molecule has 0 spiro atoms. The van der Waals surface area contributed by atoms with Crippen molar-refractivity contribution in [3.05, 3.63) is 48.2 Å². The van der Waals surface area contributed by atoms with E-state index in [0.717, 1.165) is 18.1 Å². The average molecular weight is 326 g/mol. The third-order valence-electron chi connectivity index (χ3n) is 3.88. The Kier molecular flexibility index (Phi) is 5.79. The number of benzene rings is 1. The summed E-state index contributed by atoms with van der Waals surface area (Å²) in [5, 5.41) is 2.94. The van der Waals surface area contributed by atoms with Crippen LogP contribution in [0.25, 0.3) is 0 Å². The molecule has 5 heteroatoms. The minimum absolute atomic E-state index is 0.134. The summed E-state index contributed by atoms with van der Waals surface area (Å²) in [6.45, 7) is 7.39. The molecule has 0 atom stereocenters. The smallest absolute Gasteiger partial charge is 0.255 e. The molecule has 0 aliphatic heterocycles. The lowest BCUT2D eigenvalue weighted by molar-refractivity contribution is 0.102. The molecule has 1 heterocycles. The first kappa shape index (κ1) is 17.8. The Morgan fingerprint density at radius 2 is 1.83 bits per heavy atom. The second kappa shape index (κ2) is 7.81. The molecule has 1 aromatic carbocycles. The Balaban J connectivity index is 2.17. The van der Waals surface area contributed by atoms with Gasteiger partial charge in [-0.15, -0.1) is 0 Å². The molecule has 2 aromatic rings. The molecule has 0 saturated heterocycles. The van der Waals surface area contributed by atoms with Crippen LogP contribution in [0.2, 0.25) is 0 Å². The normalized spacial score (nSPS) is 10.6. The molecule has 5 nitrogen and oxygen atoms in total. The summed E-state index contributed by atoms with van der Waals surface area (Å²) in [5.41, 5.74) is 2.46. The van der Waals surface area contributed by atoms with E-state index < -0.39 is 0 Å². The number of nitrogens with zero attached hydrogens (tertiary/aromatic N) is 3. The molecule has 0 radical (unpaired) electrons. The highest BCUT2D eigenvalue weighted by molar-refractivity contribution is 6.05. The molecule has 1 amide bonds. The molecular weight excluding hydrogens is 300 g/mol. The van der Waals surface area contributed by atoms with Crippen LogP contribution in [0.1, 0.15) is 31.1 Å². The maximum absolute atomic E-state index is 12.5. The van der Waals surface area contributed by atoms with Crippen molar-refractivity contribution in [1.29, 1.82) is 0 Å². The molecule has 1 N–H and O–H groups in total. The van der Waals surface area contributed by atoms with Gasteiger partial charge in [-0.25, -0.2) is 4.98 Å². The number of hydrogen-bond acceptors (Lipinski definition) is 4. The van der Waals surface area contributed by atoms with E-state index in [0.29, 0.717) is 17.3 Å². The molecular formula is C19H26N4O. The van der Waals surface area contributed by atoms with Crippen LogP contribution in [0.3, 0.4) is 0 Å². The number of anilines is 3. The number of amides is 1. The molecule has 0 aliphatic rings. The topological polar surface area (TPSA) is 48.5 Å². The van der Waals surface area contributed by atoms with Crippen LogP contribution in [-0.2, 0) is 0 Å². The number of carbonyl (C=O) groups excluding carboxylic acids is 1. The van der Waals surface area contributed by atoms with Crippen molar-refractivity contribution in [3.63, 3.8) is 0 Å². The molecule has 0 saturated carbocycles. The van der Waals surface area contributed by atoms with Crippen LogP contribution in [0.5, 0.6) is 0 Å². The summed E-state index contributed by atoms with van der Waals surface area (Å²) in [6, 6.07) is 11.8. The maximum atomic E-state index is 12.5. The summed E-state index contributed by atoms with van der Waals surface area (Å²) in [5.74, 6) is 0.602. The largest absolute Gasteiger partial charge is 0.369 e. The standard InChI is InChI=1S/C19H26N4O/c1-6-23(14(2)3)16-11-9-15(10-12-16)19(24)21-17-8-7-13-20-18(17)22(4)5/h7-14H,6H2,1-5H3,(H,21,24). The summed E-state index contributed by atoms with van der Waals surface area (Å²) < 4.78 is 0. The van der Waals surface area contributed by atoms with Gasteiger partial charge < -0.3 is 15.1 Å². The van der Waals surface area contributed by atoms with Crippen molar-refractivity contribution in [2.24, 2.45) is 0 Å². The first-order valence-electron chi connectivity index (χ1n) is 8.24. The fourth-order valence-corrected chi connectivity index (χ4v) is 2.70. The predicted molar refractivity (Wildman–Crippen MR) is 101 cm³/mol. The first-order chi connectivity index (χ1) is 11.4. The van der Waals surface area contributed by atoms with Gasteiger partial charge in [-0.1, -0.05) is 0 Å². The Morgan fingerprint density at radius 1 is 1.17 bits per heavy atom. The van der Waals surface area contributed by atoms with Crippen LogP contribution in [0, 0.1) is 0 Å². The zero-order chi connectivity index (χ0) is 17.7. The molecule has 24 heavy (non-hydrogen) atoms. The zero-order valence-electron chi connectivity index (χ0n) is 15.1. The van der Waals surface area contributed by atoms with Crippen molar-refractivity contribution < 1.29 is 4.79 Å². The van der Waals surface area contributed by atoms with Gasteiger partial charge in [0.15, 0.2) is 5.82 Å². The Labute approximate surface area is 144 Å². The van der Waals surface area contributed by atoms with Gasteiger partial charge in [0, 0.05) is 44.1 Å². The monoisotopic (exact) mass is 326 g/mol. The molecule has 1 aromatic heterocycles. The Bertz CT molecular complexity index is 680. The zero-order valence-corrected chi connectivity index (χ0v) is 15.1. The van der Waals surface area contributed by atoms with Crippen LogP contribution in [0.15, 0.2) is 42.6 Å². The van der Waals surface area contributed by atoms with E-state index in [1.807, 2.05) is 55.4 Å². The fourth-order valence-electron chi connectivity index (χ4n) is 2.70. The molecule has 0 unspecified atom stereocenters. The molecule has 0 aliphatic carbocycles. The van der Waals surface area contributed by atoms with E-state index in [-0.39, 0.29) is 5.91 Å². The van der Waals surface area contributed by atoms with Gasteiger partial charge in [0.2, 0.25) is 0 Å². The van der Waals surface area contributed by atoms with Crippen molar-refractivity contribution >= 4 is 23.1 Å². The quantitative estimate of drug-likeness (QED) is 0.880. The first-order valence-corrected chi connectivity index (χ1v) is 8.24. The highest BCUT2D eigenvalue weighted by Gasteiger charge is 2.13. The van der Waals surface area contributed by atoms with E-state index >= 15 is 0 Å². The number of pyridine rings is 1. The molecule has 128 valence electrons. The summed E-state index contributed by atoms with van der Waals surface area (Å²) in [7, 11) is 3.80. The number of aromatic nitrogens is 1. The van der Waals surface area contributed by atoms with Crippen molar-refractivity contribution in [2.45, 2.75) is 26.8 Å². The SMILES string of the molecule is CCN(c1ccc(C(=O)Nc2cccnc2N(C)C)cc1)C(C)C. The van der Waals surface area contributed by atoms with Crippen LogP contribution < -0.4 is 15.1 Å². The summed E-state index contributed by atoms with van der Waals surface area (Å²) >= 11 is 0. The van der Waals surface area contributed by atoms with E-state index in [4.69, 9.17) is 0 Å². The number of rotatable bonds is 6. The van der Waals surface area contributed by atoms with Gasteiger partial charge in [0.1, 0.15) is 0 Å². The van der Waals surface area contributed by atoms with Crippen LogP contribution >= 0.6 is 0 Å². The lowest BCUT2D eigenvalue weighted by Gasteiger charge is -2.27. The van der Waals surface area contributed by atoms with Crippen LogP contribution in [0.4, 0.5) is 17.2 Å². The lowest BCUT2D eigenvalue weighted by atomic mass is 10.1. The van der Waals surface area contributed by atoms with E-state index in [9.17, 15) is 4.79 Å². The van der Waals surface area contributed by atoms with Crippen LogP contribution in [-0.4, -0.2) is 37.6 Å². The van der Waals surface area contributed by atoms with Crippen molar-refractivity contribution in [2.75, 3.05) is 35.8 Å². The van der Waals surface area contributed by atoms with Gasteiger partial charge >= 0.3 is 0 Å². The van der Waals surface area contributed by atoms with Gasteiger partial charge in [0.05, 0.1) is 5.69 Å². The van der Waals surface area contributed by atoms with E-state index in [2.05, 4.69) is 36.0 Å². The Morgan fingerprint density at radius 3 is 2.38 bits per heavy atom. The van der Waals surface area contributed by atoms with Gasteiger partial charge in [-0.05, 0) is 57.2 Å². The minimum Gasteiger partial charge on any atom is -0.369 e. The van der Waals surface area contributed by atoms with Crippen molar-refractivity contribution in [1.82, 2.24) is 4.98 Å². The van der Waals surface area contributed by atoms with Gasteiger partial charge in [-0.3, -0.25) is 4.79 Å². The van der Waals surface area contributed by atoms with Gasteiger partial charge in [-0.2, -0.15) is 0 Å². The van der Waals surface area contributed by atoms with E-state index in [1.165, 1.54) is 0 Å². The second-order valence-corrected chi connectivity index (χ2v) is 6.15. The van der Waals surface area contributed by atoms with E-state index in [1.54, 1.807) is 6.20 Å². The minimum atomic E-state index is -0.134. The third-order valence-corrected chi connectivity index (χ3v) is 3.88. The second-order valence-electron chi connectivity index (χ2n) is 6.15. The number of nitrogens with one attached hydrogen (secondary N) is 1. The number of carbonyl (C=O) groups is 1. The molecule has 0 bridgehead atoms.